The lowest BCUT2D eigenvalue weighted by molar-refractivity contribution is -0.144. The van der Waals surface area contributed by atoms with E-state index in [4.69, 9.17) is 0 Å². The van der Waals surface area contributed by atoms with Crippen molar-refractivity contribution in [1.29, 1.82) is 0 Å². The van der Waals surface area contributed by atoms with Gasteiger partial charge in [0.2, 0.25) is 23.5 Å². The fraction of sp³-hybridized carbons (Fsp3) is 0.829. The summed E-state index contributed by atoms with van der Waals surface area (Å²) in [5.74, 6) is -2.28. The summed E-state index contributed by atoms with van der Waals surface area (Å²) in [7, 11) is 0. The molecule has 3 aliphatic rings. The summed E-state index contributed by atoms with van der Waals surface area (Å²) < 4.78 is 0. The molecular formula is C35H60N6O6. The fourth-order valence-corrected chi connectivity index (χ4v) is 6.32. The number of carbonyl (C=O) groups excluding carboxylic acids is 6. The Morgan fingerprint density at radius 2 is 1.55 bits per heavy atom. The van der Waals surface area contributed by atoms with Crippen molar-refractivity contribution in [2.75, 3.05) is 19.6 Å². The quantitative estimate of drug-likeness (QED) is 0.166. The molecule has 0 aromatic carbocycles. The monoisotopic (exact) mass is 660 g/mol. The lowest BCUT2D eigenvalue weighted by atomic mass is 9.85. The van der Waals surface area contributed by atoms with Gasteiger partial charge in [0.25, 0.3) is 5.91 Å². The summed E-state index contributed by atoms with van der Waals surface area (Å²) in [4.78, 5) is 83.2. The number of amides is 6. The summed E-state index contributed by atoms with van der Waals surface area (Å²) in [6.07, 6.45) is 7.39. The highest BCUT2D eigenvalue weighted by atomic mass is 16.2. The number of unbranched alkanes of at least 4 members (excludes halogenated alkanes) is 2. The largest absolute Gasteiger partial charge is 0.347 e. The van der Waals surface area contributed by atoms with Crippen LogP contribution < -0.4 is 21.3 Å². The highest BCUT2D eigenvalue weighted by Gasteiger charge is 2.46. The summed E-state index contributed by atoms with van der Waals surface area (Å²) in [6.45, 7) is 16.9. The number of nitrogens with zero attached hydrogens (tertiary/aromatic N) is 2. The topological polar surface area (TPSA) is 157 Å². The van der Waals surface area contributed by atoms with E-state index in [2.05, 4.69) is 21.3 Å². The minimum atomic E-state index is -0.971. The van der Waals surface area contributed by atoms with Crippen LogP contribution in [-0.2, 0) is 24.0 Å². The number of ketones is 1. The van der Waals surface area contributed by atoms with E-state index in [1.807, 2.05) is 55.4 Å². The van der Waals surface area contributed by atoms with Crippen LogP contribution in [0.3, 0.4) is 0 Å². The Morgan fingerprint density at radius 3 is 2.13 bits per heavy atom. The van der Waals surface area contributed by atoms with Gasteiger partial charge in [-0.15, -0.1) is 0 Å². The minimum absolute atomic E-state index is 0.0198. The molecule has 5 atom stereocenters. The van der Waals surface area contributed by atoms with Crippen molar-refractivity contribution in [3.63, 3.8) is 0 Å². The first-order valence-electron chi connectivity index (χ1n) is 17.7. The normalized spacial score (nSPS) is 22.3. The van der Waals surface area contributed by atoms with Gasteiger partial charge in [-0.3, -0.25) is 24.0 Å². The third-order valence-electron chi connectivity index (χ3n) is 9.68. The van der Waals surface area contributed by atoms with Crippen molar-refractivity contribution >= 4 is 35.4 Å². The molecule has 0 aromatic rings. The summed E-state index contributed by atoms with van der Waals surface area (Å²) in [5.41, 5.74) is -1.05. The SMILES string of the molecule is CCCCCC(NC(=O)[C@@H]1[C@@H](C)CCN1C(=O)[C@@H](NC(=O)N[C@H](CN1CCCCC1=O)C(C)(C)C)C(C)(C)C)C(=O)C(=O)NC1CC1. The smallest absolute Gasteiger partial charge is 0.315 e. The third kappa shape index (κ3) is 10.9. The first-order valence-corrected chi connectivity index (χ1v) is 17.7. The number of rotatable bonds is 14. The van der Waals surface area contributed by atoms with Crippen molar-refractivity contribution in [3.05, 3.63) is 0 Å². The van der Waals surface area contributed by atoms with Gasteiger partial charge in [0.1, 0.15) is 12.1 Å². The molecule has 0 radical (unpaired) electrons. The van der Waals surface area contributed by atoms with Crippen LogP contribution in [0.2, 0.25) is 0 Å². The van der Waals surface area contributed by atoms with Crippen LogP contribution in [0, 0.1) is 16.7 Å². The van der Waals surface area contributed by atoms with E-state index in [0.29, 0.717) is 45.3 Å². The van der Waals surface area contributed by atoms with Crippen LogP contribution in [0.1, 0.15) is 120 Å². The fourth-order valence-electron chi connectivity index (χ4n) is 6.32. The Hall–Kier alpha value is -3.18. The molecule has 1 unspecified atom stereocenters. The van der Waals surface area contributed by atoms with Gasteiger partial charge in [-0.05, 0) is 55.3 Å². The second kappa shape index (κ2) is 16.3. The molecule has 1 aliphatic carbocycles. The van der Waals surface area contributed by atoms with Gasteiger partial charge in [-0.25, -0.2) is 4.79 Å². The summed E-state index contributed by atoms with van der Waals surface area (Å²) in [6, 6.07) is -3.62. The standard InChI is InChI=1S/C35H60N6O6/c1-9-10-11-14-24(28(43)31(45)36-23-16-17-23)37-30(44)27-22(2)18-20-41(27)32(46)29(35(6,7)8)39-33(47)38-25(34(3,4)5)21-40-19-13-12-15-26(40)42/h22-25,27,29H,9-21H2,1-8H3,(H,36,45)(H,37,44)(H2,38,39,47)/t22-,24?,25+,27-,29+/m0/s1. The number of urea groups is 1. The average molecular weight is 661 g/mol. The maximum Gasteiger partial charge on any atom is 0.315 e. The summed E-state index contributed by atoms with van der Waals surface area (Å²) in [5, 5.41) is 11.5. The number of carbonyl (C=O) groups is 6. The lowest BCUT2D eigenvalue weighted by Crippen LogP contribution is -2.62. The predicted molar refractivity (Wildman–Crippen MR) is 180 cm³/mol. The average Bonchev–Trinajstić information content (AvgIpc) is 3.71. The van der Waals surface area contributed by atoms with Gasteiger partial charge in [0.05, 0.1) is 12.1 Å². The third-order valence-corrected chi connectivity index (χ3v) is 9.68. The van der Waals surface area contributed by atoms with Crippen LogP contribution >= 0.6 is 0 Å². The molecule has 6 amide bonds. The van der Waals surface area contributed by atoms with Gasteiger partial charge >= 0.3 is 6.03 Å². The minimum Gasteiger partial charge on any atom is -0.347 e. The second-order valence-corrected chi connectivity index (χ2v) is 16.0. The zero-order valence-electron chi connectivity index (χ0n) is 30.0. The first-order chi connectivity index (χ1) is 21.9. The predicted octanol–water partition coefficient (Wildman–Crippen LogP) is 3.28. The maximum atomic E-state index is 14.2. The van der Waals surface area contributed by atoms with E-state index in [1.54, 1.807) is 4.90 Å². The molecule has 2 heterocycles. The van der Waals surface area contributed by atoms with E-state index in [0.717, 1.165) is 38.5 Å². The van der Waals surface area contributed by atoms with Gasteiger partial charge in [0.15, 0.2) is 0 Å². The molecule has 12 nitrogen and oxygen atoms in total. The molecule has 2 aliphatic heterocycles. The molecule has 0 spiro atoms. The Kier molecular flexibility index (Phi) is 13.3. The molecule has 0 aromatic heterocycles. The highest BCUT2D eigenvalue weighted by Crippen LogP contribution is 2.30. The first kappa shape index (κ1) is 38.3. The summed E-state index contributed by atoms with van der Waals surface area (Å²) >= 11 is 0. The van der Waals surface area contributed by atoms with Crippen LogP contribution in [0.4, 0.5) is 4.79 Å². The maximum absolute atomic E-state index is 14.2. The van der Waals surface area contributed by atoms with Crippen LogP contribution in [0.15, 0.2) is 0 Å². The Labute approximate surface area is 281 Å². The van der Waals surface area contributed by atoms with E-state index in [1.165, 1.54) is 4.90 Å². The molecule has 1 saturated carbocycles. The molecule has 2 saturated heterocycles. The molecule has 3 rings (SSSR count). The molecule has 0 bridgehead atoms. The number of piperidine rings is 1. The number of Topliss-reactive ketones (excluding diaryl/α,β-unsaturated/α-hetero) is 1. The zero-order valence-corrected chi connectivity index (χ0v) is 30.0. The van der Waals surface area contributed by atoms with Gasteiger partial charge in [0, 0.05) is 32.1 Å². The lowest BCUT2D eigenvalue weighted by Gasteiger charge is -2.39. The van der Waals surface area contributed by atoms with Crippen molar-refractivity contribution in [1.82, 2.24) is 31.1 Å². The van der Waals surface area contributed by atoms with Crippen LogP contribution in [-0.4, -0.2) is 95.1 Å². The molecule has 266 valence electrons. The van der Waals surface area contributed by atoms with E-state index in [-0.39, 0.29) is 35.2 Å². The van der Waals surface area contributed by atoms with Crippen molar-refractivity contribution in [3.8, 4) is 0 Å². The molecule has 47 heavy (non-hydrogen) atoms. The van der Waals surface area contributed by atoms with Crippen LogP contribution in [0.5, 0.6) is 0 Å². The van der Waals surface area contributed by atoms with Crippen molar-refractivity contribution in [2.45, 2.75) is 150 Å². The Morgan fingerprint density at radius 1 is 0.872 bits per heavy atom. The van der Waals surface area contributed by atoms with Gasteiger partial charge < -0.3 is 31.1 Å². The molecule has 4 N–H and O–H groups in total. The number of hydrogen-bond donors (Lipinski definition) is 4. The second-order valence-electron chi connectivity index (χ2n) is 16.0. The number of hydrogen-bond acceptors (Lipinski definition) is 6. The Bertz CT molecular complexity index is 1160. The molecular weight excluding hydrogens is 600 g/mol. The van der Waals surface area contributed by atoms with Gasteiger partial charge in [-0.1, -0.05) is 74.7 Å². The van der Waals surface area contributed by atoms with E-state index >= 15 is 0 Å². The number of nitrogens with one attached hydrogen (secondary N) is 4. The van der Waals surface area contributed by atoms with Crippen molar-refractivity contribution in [2.24, 2.45) is 16.7 Å². The van der Waals surface area contributed by atoms with E-state index < -0.39 is 47.2 Å². The van der Waals surface area contributed by atoms with Crippen molar-refractivity contribution < 1.29 is 28.8 Å². The van der Waals surface area contributed by atoms with Gasteiger partial charge in [-0.2, -0.15) is 0 Å². The Balaban J connectivity index is 1.74. The van der Waals surface area contributed by atoms with Crippen LogP contribution in [0.25, 0.3) is 0 Å². The van der Waals surface area contributed by atoms with E-state index in [9.17, 15) is 28.8 Å². The number of likely N-dealkylation sites (tertiary alicyclic amines) is 2. The zero-order chi connectivity index (χ0) is 35.1. The molecule has 12 heteroatoms. The highest BCUT2D eigenvalue weighted by molar-refractivity contribution is 6.38. The molecule has 3 fully saturated rings.